The summed E-state index contributed by atoms with van der Waals surface area (Å²) in [7, 11) is 0. The van der Waals surface area contributed by atoms with Gasteiger partial charge in [-0.3, -0.25) is 9.63 Å². The third-order valence-electron chi connectivity index (χ3n) is 2.88. The van der Waals surface area contributed by atoms with Gasteiger partial charge in [-0.15, -0.1) is 0 Å². The first kappa shape index (κ1) is 17.5. The van der Waals surface area contributed by atoms with E-state index in [1.54, 1.807) is 5.48 Å². The summed E-state index contributed by atoms with van der Waals surface area (Å²) in [6.45, 7) is 4.83. The second-order valence-corrected chi connectivity index (χ2v) is 5.88. The Morgan fingerprint density at radius 3 is 2.19 bits per heavy atom. The molecule has 1 rings (SSSR count). The van der Waals surface area contributed by atoms with E-state index < -0.39 is 18.7 Å². The van der Waals surface area contributed by atoms with E-state index in [9.17, 15) is 18.0 Å². The van der Waals surface area contributed by atoms with Gasteiger partial charge >= 0.3 is 6.18 Å². The fourth-order valence-electron chi connectivity index (χ4n) is 1.68. The molecule has 0 heterocycles. The topological polar surface area (TPSA) is 38.3 Å². The van der Waals surface area contributed by atoms with E-state index in [1.165, 1.54) is 5.56 Å². The Morgan fingerprint density at radius 2 is 1.71 bits per heavy atom. The standard InChI is InChI=1S/C15H20F3NO2/c1-14(2,3)12-7-4-11(5-8-12)6-9-13(20)19-21-10-15(16,17)18/h4-5,7-8H,6,9-10H2,1-3H3,(H,19,20). The van der Waals surface area contributed by atoms with Gasteiger partial charge in [0.2, 0.25) is 5.91 Å². The lowest BCUT2D eigenvalue weighted by molar-refractivity contribution is -0.191. The Kier molecular flexibility index (Phi) is 5.78. The highest BCUT2D eigenvalue weighted by Crippen LogP contribution is 2.22. The number of benzene rings is 1. The summed E-state index contributed by atoms with van der Waals surface area (Å²) in [4.78, 5) is 15.4. The van der Waals surface area contributed by atoms with Gasteiger partial charge in [0.25, 0.3) is 0 Å². The molecule has 1 aromatic carbocycles. The summed E-state index contributed by atoms with van der Waals surface area (Å²) < 4.78 is 35.4. The minimum Gasteiger partial charge on any atom is -0.273 e. The number of nitrogens with one attached hydrogen (secondary N) is 1. The maximum absolute atomic E-state index is 11.8. The van der Waals surface area contributed by atoms with Crippen LogP contribution in [0, 0.1) is 0 Å². The van der Waals surface area contributed by atoms with Gasteiger partial charge in [0.05, 0.1) is 0 Å². The summed E-state index contributed by atoms with van der Waals surface area (Å²) in [5.74, 6) is -0.570. The van der Waals surface area contributed by atoms with E-state index in [-0.39, 0.29) is 11.8 Å². The van der Waals surface area contributed by atoms with Crippen LogP contribution in [-0.4, -0.2) is 18.7 Å². The number of alkyl halides is 3. The molecule has 118 valence electrons. The monoisotopic (exact) mass is 303 g/mol. The number of halogens is 3. The molecule has 0 atom stereocenters. The van der Waals surface area contributed by atoms with Crippen LogP contribution in [0.5, 0.6) is 0 Å². The second-order valence-electron chi connectivity index (χ2n) is 5.88. The third kappa shape index (κ3) is 7.13. The number of carbonyl (C=O) groups is 1. The van der Waals surface area contributed by atoms with Gasteiger partial charge in [0.15, 0.2) is 6.61 Å². The fraction of sp³-hybridized carbons (Fsp3) is 0.533. The van der Waals surface area contributed by atoms with Crippen molar-refractivity contribution in [1.29, 1.82) is 0 Å². The summed E-state index contributed by atoms with van der Waals surface area (Å²) in [5, 5.41) is 0. The average molecular weight is 303 g/mol. The molecule has 0 bridgehead atoms. The molecule has 1 N–H and O–H groups in total. The van der Waals surface area contributed by atoms with Crippen molar-refractivity contribution in [3.05, 3.63) is 35.4 Å². The molecule has 0 aromatic heterocycles. The minimum atomic E-state index is -4.45. The molecule has 21 heavy (non-hydrogen) atoms. The molecule has 0 saturated carbocycles. The molecule has 0 radical (unpaired) electrons. The Morgan fingerprint density at radius 1 is 1.14 bits per heavy atom. The molecule has 0 saturated heterocycles. The van der Waals surface area contributed by atoms with Crippen LogP contribution >= 0.6 is 0 Å². The van der Waals surface area contributed by atoms with Crippen molar-refractivity contribution in [2.24, 2.45) is 0 Å². The van der Waals surface area contributed by atoms with Crippen LogP contribution in [0.15, 0.2) is 24.3 Å². The number of rotatable bonds is 5. The van der Waals surface area contributed by atoms with Gasteiger partial charge in [-0.25, -0.2) is 5.48 Å². The zero-order chi connectivity index (χ0) is 16.1. The molecule has 6 heteroatoms. The van der Waals surface area contributed by atoms with Crippen LogP contribution in [-0.2, 0) is 21.5 Å². The normalized spacial score (nSPS) is 12.3. The highest BCUT2D eigenvalue weighted by atomic mass is 19.4. The van der Waals surface area contributed by atoms with Gasteiger partial charge in [0.1, 0.15) is 0 Å². The number of hydrogen-bond acceptors (Lipinski definition) is 2. The predicted molar refractivity (Wildman–Crippen MR) is 73.6 cm³/mol. The highest BCUT2D eigenvalue weighted by Gasteiger charge is 2.28. The van der Waals surface area contributed by atoms with Gasteiger partial charge < -0.3 is 0 Å². The molecular weight excluding hydrogens is 283 g/mol. The zero-order valence-electron chi connectivity index (χ0n) is 12.4. The van der Waals surface area contributed by atoms with Crippen LogP contribution in [0.2, 0.25) is 0 Å². The number of aryl methyl sites for hydroxylation is 1. The lowest BCUT2D eigenvalue weighted by Crippen LogP contribution is -2.29. The number of hydroxylamine groups is 1. The summed E-state index contributed by atoms with van der Waals surface area (Å²) >= 11 is 0. The molecule has 0 fully saturated rings. The number of amides is 1. The largest absolute Gasteiger partial charge is 0.414 e. The first-order chi connectivity index (χ1) is 9.58. The van der Waals surface area contributed by atoms with Gasteiger partial charge in [-0.1, -0.05) is 45.0 Å². The zero-order valence-corrected chi connectivity index (χ0v) is 12.4. The van der Waals surface area contributed by atoms with Crippen molar-refractivity contribution in [1.82, 2.24) is 5.48 Å². The third-order valence-corrected chi connectivity index (χ3v) is 2.88. The Labute approximate surface area is 122 Å². The second kappa shape index (κ2) is 6.93. The molecule has 0 spiro atoms. The SMILES string of the molecule is CC(C)(C)c1ccc(CCC(=O)NOCC(F)(F)F)cc1. The Hall–Kier alpha value is -1.56. The molecular formula is C15H20F3NO2. The minimum absolute atomic E-state index is 0.0569. The summed E-state index contributed by atoms with van der Waals surface area (Å²) in [5.41, 5.74) is 3.98. The van der Waals surface area contributed by atoms with Crippen molar-refractivity contribution in [2.45, 2.75) is 45.2 Å². The van der Waals surface area contributed by atoms with E-state index in [0.717, 1.165) is 5.56 Å². The van der Waals surface area contributed by atoms with Gasteiger partial charge in [-0.2, -0.15) is 13.2 Å². The van der Waals surface area contributed by atoms with Crippen LogP contribution < -0.4 is 5.48 Å². The van der Waals surface area contributed by atoms with Gasteiger partial charge in [0, 0.05) is 6.42 Å². The molecule has 0 unspecified atom stereocenters. The first-order valence-corrected chi connectivity index (χ1v) is 6.65. The highest BCUT2D eigenvalue weighted by molar-refractivity contribution is 5.75. The lowest BCUT2D eigenvalue weighted by atomic mass is 9.86. The quantitative estimate of drug-likeness (QED) is 0.845. The molecule has 0 aliphatic carbocycles. The van der Waals surface area contributed by atoms with Crippen molar-refractivity contribution >= 4 is 5.91 Å². The Bertz CT molecular complexity index is 461. The maximum atomic E-state index is 11.8. The number of hydrogen-bond donors (Lipinski definition) is 1. The van der Waals surface area contributed by atoms with E-state index in [1.807, 2.05) is 24.3 Å². The average Bonchev–Trinajstić information content (AvgIpc) is 2.34. The summed E-state index contributed by atoms with van der Waals surface area (Å²) in [6, 6.07) is 7.83. The molecule has 1 amide bonds. The predicted octanol–water partition coefficient (Wildman–Crippen LogP) is 3.53. The van der Waals surface area contributed by atoms with Crippen LogP contribution in [0.4, 0.5) is 13.2 Å². The first-order valence-electron chi connectivity index (χ1n) is 6.65. The van der Waals surface area contributed by atoms with Crippen molar-refractivity contribution in [3.63, 3.8) is 0 Å². The van der Waals surface area contributed by atoms with E-state index in [4.69, 9.17) is 0 Å². The van der Waals surface area contributed by atoms with Gasteiger partial charge in [-0.05, 0) is 23.0 Å². The molecule has 0 aliphatic rings. The smallest absolute Gasteiger partial charge is 0.273 e. The van der Waals surface area contributed by atoms with E-state index >= 15 is 0 Å². The lowest BCUT2D eigenvalue weighted by Gasteiger charge is -2.19. The molecule has 1 aromatic rings. The van der Waals surface area contributed by atoms with Crippen molar-refractivity contribution in [3.8, 4) is 0 Å². The maximum Gasteiger partial charge on any atom is 0.414 e. The van der Waals surface area contributed by atoms with Crippen molar-refractivity contribution < 1.29 is 22.8 Å². The van der Waals surface area contributed by atoms with Crippen LogP contribution in [0.1, 0.15) is 38.3 Å². The fourth-order valence-corrected chi connectivity index (χ4v) is 1.68. The summed E-state index contributed by atoms with van der Waals surface area (Å²) in [6.07, 6.45) is -3.92. The van der Waals surface area contributed by atoms with Crippen LogP contribution in [0.25, 0.3) is 0 Å². The van der Waals surface area contributed by atoms with E-state index in [2.05, 4.69) is 25.6 Å². The molecule has 3 nitrogen and oxygen atoms in total. The van der Waals surface area contributed by atoms with Crippen LogP contribution in [0.3, 0.4) is 0 Å². The van der Waals surface area contributed by atoms with Crippen molar-refractivity contribution in [2.75, 3.05) is 6.61 Å². The van der Waals surface area contributed by atoms with E-state index in [0.29, 0.717) is 6.42 Å². The molecule has 0 aliphatic heterocycles. The Balaban J connectivity index is 2.36. The number of carbonyl (C=O) groups excluding carboxylic acids is 1.